The highest BCUT2D eigenvalue weighted by Gasteiger charge is 2.29. The maximum atomic E-state index is 2.45. The summed E-state index contributed by atoms with van der Waals surface area (Å²) in [5.41, 5.74) is 1.95. The van der Waals surface area contributed by atoms with Crippen LogP contribution < -0.4 is 0 Å². The van der Waals surface area contributed by atoms with Gasteiger partial charge in [-0.15, -0.1) is 11.8 Å². The Labute approximate surface area is 112 Å². The molecule has 1 heterocycles. The summed E-state index contributed by atoms with van der Waals surface area (Å²) in [4.78, 5) is 0. The molecule has 1 aliphatic heterocycles. The third-order valence-corrected chi connectivity index (χ3v) is 4.85. The van der Waals surface area contributed by atoms with E-state index in [1.165, 1.54) is 32.1 Å². The summed E-state index contributed by atoms with van der Waals surface area (Å²) in [6.45, 7) is 11.6. The predicted molar refractivity (Wildman–Crippen MR) is 81.4 cm³/mol. The minimum Gasteiger partial charge on any atom is -0.123 e. The molecule has 17 heavy (non-hydrogen) atoms. The number of thioether (sulfide) groups is 1. The monoisotopic (exact) mass is 252 g/mol. The predicted octanol–water partition coefficient (Wildman–Crippen LogP) is 5.95. The fourth-order valence-electron chi connectivity index (χ4n) is 2.46. The van der Waals surface area contributed by atoms with E-state index in [2.05, 4.69) is 52.2 Å². The Bertz CT molecular complexity index is 299. The lowest BCUT2D eigenvalue weighted by Crippen LogP contribution is -2.21. The van der Waals surface area contributed by atoms with Crippen molar-refractivity contribution in [2.45, 2.75) is 71.5 Å². The van der Waals surface area contributed by atoms with Crippen molar-refractivity contribution in [3.63, 3.8) is 0 Å². The van der Waals surface area contributed by atoms with Crippen LogP contribution >= 0.6 is 11.8 Å². The van der Waals surface area contributed by atoms with Gasteiger partial charge in [-0.1, -0.05) is 52.2 Å². The van der Waals surface area contributed by atoms with Gasteiger partial charge in [-0.05, 0) is 43.1 Å². The highest BCUT2D eigenvalue weighted by Crippen LogP contribution is 2.44. The van der Waals surface area contributed by atoms with Gasteiger partial charge in [-0.2, -0.15) is 0 Å². The first kappa shape index (κ1) is 14.9. The molecule has 98 valence electrons. The lowest BCUT2D eigenvalue weighted by atomic mass is 9.74. The molecule has 0 aromatic heterocycles. The minimum atomic E-state index is 0.279. The summed E-state index contributed by atoms with van der Waals surface area (Å²) in [6, 6.07) is 0. The molecule has 1 atom stereocenters. The van der Waals surface area contributed by atoms with E-state index in [0.717, 1.165) is 0 Å². The summed E-state index contributed by atoms with van der Waals surface area (Å²) in [5.74, 6) is 0. The second-order valence-corrected chi connectivity index (χ2v) is 7.57. The van der Waals surface area contributed by atoms with Crippen LogP contribution in [0.4, 0.5) is 0 Å². The molecule has 0 amide bonds. The fourth-order valence-corrected chi connectivity index (χ4v) is 3.40. The van der Waals surface area contributed by atoms with Crippen LogP contribution in [-0.4, -0.2) is 4.75 Å². The Hall–Kier alpha value is -0.170. The zero-order valence-electron chi connectivity index (χ0n) is 12.2. The molecule has 0 saturated heterocycles. The van der Waals surface area contributed by atoms with Crippen LogP contribution in [-0.2, 0) is 0 Å². The third-order valence-electron chi connectivity index (χ3n) is 3.73. The number of hydrogen-bond acceptors (Lipinski definition) is 1. The number of rotatable bonds is 6. The SMILES string of the molecule is CCCCC(C)(CCC)C1=CSC(C)(C)C=C1. The van der Waals surface area contributed by atoms with Crippen LogP contribution in [0.5, 0.6) is 0 Å². The quantitative estimate of drug-likeness (QED) is 0.563. The molecule has 0 spiro atoms. The second kappa shape index (κ2) is 6.13. The van der Waals surface area contributed by atoms with Crippen LogP contribution in [0, 0.1) is 5.41 Å². The van der Waals surface area contributed by atoms with E-state index >= 15 is 0 Å². The van der Waals surface area contributed by atoms with Crippen molar-refractivity contribution in [3.05, 3.63) is 23.1 Å². The lowest BCUT2D eigenvalue weighted by molar-refractivity contribution is 0.328. The molecule has 0 aromatic carbocycles. The molecule has 0 radical (unpaired) electrons. The van der Waals surface area contributed by atoms with E-state index in [1.54, 1.807) is 5.57 Å². The Morgan fingerprint density at radius 2 is 1.88 bits per heavy atom. The molecule has 1 aliphatic rings. The first-order chi connectivity index (χ1) is 7.93. The Morgan fingerprint density at radius 3 is 2.35 bits per heavy atom. The van der Waals surface area contributed by atoms with E-state index < -0.39 is 0 Å². The topological polar surface area (TPSA) is 0 Å². The molecule has 0 nitrogen and oxygen atoms in total. The standard InChI is InChI=1S/C16H28S/c1-6-8-11-16(5,10-7-2)14-9-12-15(3,4)17-13-14/h9,12-13H,6-8,10-11H2,1-5H3. The zero-order chi connectivity index (χ0) is 12.9. The first-order valence-corrected chi connectivity index (χ1v) is 7.89. The second-order valence-electron chi connectivity index (χ2n) is 6.04. The fraction of sp³-hybridized carbons (Fsp3) is 0.750. The highest BCUT2D eigenvalue weighted by molar-refractivity contribution is 8.03. The molecule has 1 heteroatoms. The number of hydrogen-bond donors (Lipinski definition) is 0. The van der Waals surface area contributed by atoms with Gasteiger partial charge in [0.2, 0.25) is 0 Å². The van der Waals surface area contributed by atoms with Gasteiger partial charge in [-0.3, -0.25) is 0 Å². The van der Waals surface area contributed by atoms with Gasteiger partial charge < -0.3 is 0 Å². The average Bonchev–Trinajstić information content (AvgIpc) is 2.26. The molecule has 0 aromatic rings. The third kappa shape index (κ3) is 4.21. The molecule has 1 unspecified atom stereocenters. The maximum Gasteiger partial charge on any atom is 0.0327 e. The van der Waals surface area contributed by atoms with E-state index in [9.17, 15) is 0 Å². The molecule has 0 N–H and O–H groups in total. The van der Waals surface area contributed by atoms with Crippen molar-refractivity contribution in [3.8, 4) is 0 Å². The first-order valence-electron chi connectivity index (χ1n) is 7.01. The van der Waals surface area contributed by atoms with Crippen LogP contribution in [0.3, 0.4) is 0 Å². The average molecular weight is 252 g/mol. The normalized spacial score (nSPS) is 22.1. The van der Waals surface area contributed by atoms with Gasteiger partial charge in [0.25, 0.3) is 0 Å². The van der Waals surface area contributed by atoms with Crippen molar-refractivity contribution < 1.29 is 0 Å². The molecular weight excluding hydrogens is 224 g/mol. The van der Waals surface area contributed by atoms with Crippen molar-refractivity contribution in [2.75, 3.05) is 0 Å². The van der Waals surface area contributed by atoms with E-state index in [4.69, 9.17) is 0 Å². The number of unbranched alkanes of at least 4 members (excludes halogenated alkanes) is 1. The highest BCUT2D eigenvalue weighted by atomic mass is 32.2. The summed E-state index contributed by atoms with van der Waals surface area (Å²) in [6.07, 6.45) is 11.3. The van der Waals surface area contributed by atoms with Crippen molar-refractivity contribution in [1.82, 2.24) is 0 Å². The van der Waals surface area contributed by atoms with Gasteiger partial charge in [0, 0.05) is 4.75 Å². The van der Waals surface area contributed by atoms with E-state index in [-0.39, 0.29) is 4.75 Å². The molecule has 0 aliphatic carbocycles. The van der Waals surface area contributed by atoms with Crippen LogP contribution in [0.1, 0.15) is 66.7 Å². The smallest absolute Gasteiger partial charge is 0.0327 e. The van der Waals surface area contributed by atoms with Crippen LogP contribution in [0.25, 0.3) is 0 Å². The Morgan fingerprint density at radius 1 is 1.18 bits per heavy atom. The van der Waals surface area contributed by atoms with Crippen LogP contribution in [0.15, 0.2) is 23.1 Å². The number of allylic oxidation sites excluding steroid dienone is 2. The van der Waals surface area contributed by atoms with Gasteiger partial charge >= 0.3 is 0 Å². The Kier molecular flexibility index (Phi) is 5.37. The molecular formula is C16H28S. The van der Waals surface area contributed by atoms with Gasteiger partial charge in [-0.25, -0.2) is 0 Å². The van der Waals surface area contributed by atoms with E-state index in [0.29, 0.717) is 5.41 Å². The minimum absolute atomic E-state index is 0.279. The molecule has 0 bridgehead atoms. The Balaban J connectivity index is 2.78. The van der Waals surface area contributed by atoms with Crippen molar-refractivity contribution in [2.24, 2.45) is 5.41 Å². The van der Waals surface area contributed by atoms with Crippen molar-refractivity contribution in [1.29, 1.82) is 0 Å². The molecule has 1 rings (SSSR count). The van der Waals surface area contributed by atoms with E-state index in [1.807, 2.05) is 11.8 Å². The molecule has 0 saturated carbocycles. The summed E-state index contributed by atoms with van der Waals surface area (Å²) < 4.78 is 0.279. The maximum absolute atomic E-state index is 2.45. The summed E-state index contributed by atoms with van der Waals surface area (Å²) in [7, 11) is 0. The summed E-state index contributed by atoms with van der Waals surface area (Å²) in [5, 5.41) is 2.41. The van der Waals surface area contributed by atoms with Gasteiger partial charge in [0.05, 0.1) is 0 Å². The van der Waals surface area contributed by atoms with Gasteiger partial charge in [0.15, 0.2) is 0 Å². The summed E-state index contributed by atoms with van der Waals surface area (Å²) >= 11 is 1.97. The molecule has 0 fully saturated rings. The van der Waals surface area contributed by atoms with Crippen molar-refractivity contribution >= 4 is 11.8 Å². The zero-order valence-corrected chi connectivity index (χ0v) is 13.0. The van der Waals surface area contributed by atoms with Gasteiger partial charge in [0.1, 0.15) is 0 Å². The largest absolute Gasteiger partial charge is 0.123 e. The lowest BCUT2D eigenvalue weighted by Gasteiger charge is -2.34. The van der Waals surface area contributed by atoms with Crippen LogP contribution in [0.2, 0.25) is 0 Å².